The maximum atomic E-state index is 10.5. The number of carboxylic acids is 1. The van der Waals surface area contributed by atoms with Gasteiger partial charge in [0.05, 0.1) is 0 Å². The van der Waals surface area contributed by atoms with Gasteiger partial charge in [0.25, 0.3) is 0 Å². The first kappa shape index (κ1) is 17.9. The average Bonchev–Trinajstić information content (AvgIpc) is 2.55. The highest BCUT2D eigenvalue weighted by Crippen LogP contribution is 2.25. The predicted molar refractivity (Wildman–Crippen MR) is 95.0 cm³/mol. The number of aliphatic carboxylic acids is 1. The van der Waals surface area contributed by atoms with Crippen molar-refractivity contribution in [3.63, 3.8) is 0 Å². The van der Waals surface area contributed by atoms with E-state index in [0.29, 0.717) is 19.0 Å². The lowest BCUT2D eigenvalue weighted by atomic mass is 10.1. The summed E-state index contributed by atoms with van der Waals surface area (Å²) in [6.45, 7) is 4.71. The Balaban J connectivity index is 1.81. The molecule has 0 aromatic heterocycles. The zero-order valence-electron chi connectivity index (χ0n) is 13.6. The molecule has 5 heteroatoms. The van der Waals surface area contributed by atoms with Crippen LogP contribution >= 0.6 is 11.6 Å². The molecule has 0 saturated carbocycles. The maximum Gasteiger partial charge on any atom is 0.328 e. The Bertz CT molecular complexity index is 713. The van der Waals surface area contributed by atoms with Crippen molar-refractivity contribution in [2.75, 3.05) is 13.2 Å². The van der Waals surface area contributed by atoms with Crippen LogP contribution in [0, 0.1) is 13.8 Å². The minimum atomic E-state index is -0.972. The van der Waals surface area contributed by atoms with E-state index < -0.39 is 5.97 Å². The molecule has 0 bridgehead atoms. The summed E-state index contributed by atoms with van der Waals surface area (Å²) in [5.74, 6) is 0.502. The van der Waals surface area contributed by atoms with Crippen LogP contribution in [0.25, 0.3) is 6.08 Å². The number of ether oxygens (including phenoxy) is 2. The standard InChI is InChI=1S/C19H19ClO4/c1-13-11-17(12-14(2)19(13)20)24-10-9-23-16-6-3-15(4-7-16)5-8-18(21)22/h3-8,11-12H,9-10H2,1-2H3,(H,21,22)/b8-5-. The fourth-order valence-electron chi connectivity index (χ4n) is 2.15. The van der Waals surface area contributed by atoms with Crippen LogP contribution in [0.2, 0.25) is 5.02 Å². The average molecular weight is 347 g/mol. The van der Waals surface area contributed by atoms with Gasteiger partial charge in [0.2, 0.25) is 0 Å². The normalized spacial score (nSPS) is 10.8. The van der Waals surface area contributed by atoms with E-state index >= 15 is 0 Å². The van der Waals surface area contributed by atoms with Gasteiger partial charge in [0.1, 0.15) is 24.7 Å². The van der Waals surface area contributed by atoms with Gasteiger partial charge in [-0.3, -0.25) is 0 Å². The lowest BCUT2D eigenvalue weighted by Crippen LogP contribution is -2.09. The molecule has 0 aliphatic heterocycles. The predicted octanol–water partition coefficient (Wildman–Crippen LogP) is 4.51. The van der Waals surface area contributed by atoms with Crippen LogP contribution in [0.15, 0.2) is 42.5 Å². The molecule has 0 atom stereocenters. The summed E-state index contributed by atoms with van der Waals surface area (Å²) >= 11 is 6.13. The zero-order valence-corrected chi connectivity index (χ0v) is 14.3. The lowest BCUT2D eigenvalue weighted by Gasteiger charge is -2.11. The van der Waals surface area contributed by atoms with Gasteiger partial charge >= 0.3 is 5.97 Å². The number of carbonyl (C=O) groups is 1. The largest absolute Gasteiger partial charge is 0.490 e. The first-order chi connectivity index (χ1) is 11.5. The molecule has 0 saturated heterocycles. The van der Waals surface area contributed by atoms with Crippen molar-refractivity contribution in [2.24, 2.45) is 0 Å². The molecular formula is C19H19ClO4. The Morgan fingerprint density at radius 1 is 1.04 bits per heavy atom. The first-order valence-corrected chi connectivity index (χ1v) is 7.87. The van der Waals surface area contributed by atoms with E-state index in [1.807, 2.05) is 26.0 Å². The molecule has 0 unspecified atom stereocenters. The van der Waals surface area contributed by atoms with Crippen molar-refractivity contribution in [2.45, 2.75) is 13.8 Å². The molecular weight excluding hydrogens is 328 g/mol. The molecule has 0 fully saturated rings. The summed E-state index contributed by atoms with van der Waals surface area (Å²) in [7, 11) is 0. The third kappa shape index (κ3) is 5.32. The van der Waals surface area contributed by atoms with E-state index in [4.69, 9.17) is 26.2 Å². The highest BCUT2D eigenvalue weighted by Gasteiger charge is 2.03. The number of rotatable bonds is 7. The molecule has 1 N–H and O–H groups in total. The van der Waals surface area contributed by atoms with Crippen molar-refractivity contribution in [1.29, 1.82) is 0 Å². The van der Waals surface area contributed by atoms with Crippen molar-refractivity contribution in [3.05, 3.63) is 64.2 Å². The zero-order chi connectivity index (χ0) is 17.5. The molecule has 0 heterocycles. The topological polar surface area (TPSA) is 55.8 Å². The van der Waals surface area contributed by atoms with Gasteiger partial charge < -0.3 is 14.6 Å². The lowest BCUT2D eigenvalue weighted by molar-refractivity contribution is -0.131. The van der Waals surface area contributed by atoms with Gasteiger partial charge in [-0.25, -0.2) is 4.79 Å². The van der Waals surface area contributed by atoms with Gasteiger partial charge in [-0.05, 0) is 60.9 Å². The van der Waals surface area contributed by atoms with Crippen LogP contribution in [0.3, 0.4) is 0 Å². The molecule has 2 aromatic carbocycles. The second-order valence-corrected chi connectivity index (χ2v) is 5.69. The van der Waals surface area contributed by atoms with E-state index in [1.54, 1.807) is 24.3 Å². The van der Waals surface area contributed by atoms with Crippen molar-refractivity contribution in [3.8, 4) is 11.5 Å². The van der Waals surface area contributed by atoms with Gasteiger partial charge in [-0.1, -0.05) is 23.7 Å². The van der Waals surface area contributed by atoms with Crippen LogP contribution < -0.4 is 9.47 Å². The Morgan fingerprint density at radius 3 is 2.12 bits per heavy atom. The Labute approximate surface area is 146 Å². The summed E-state index contributed by atoms with van der Waals surface area (Å²) < 4.78 is 11.3. The summed E-state index contributed by atoms with van der Waals surface area (Å²) in [5.41, 5.74) is 2.77. The third-order valence-corrected chi connectivity index (χ3v) is 3.93. The summed E-state index contributed by atoms with van der Waals surface area (Å²) in [6.07, 6.45) is 2.63. The Kier molecular flexibility index (Phi) is 6.27. The number of carboxylic acid groups (broad SMARTS) is 1. The molecule has 126 valence electrons. The molecule has 2 aromatic rings. The molecule has 0 aliphatic carbocycles. The number of hydrogen-bond acceptors (Lipinski definition) is 3. The van der Waals surface area contributed by atoms with Crippen LogP contribution in [0.1, 0.15) is 16.7 Å². The van der Waals surface area contributed by atoms with E-state index in [2.05, 4.69) is 0 Å². The maximum absolute atomic E-state index is 10.5. The molecule has 4 nitrogen and oxygen atoms in total. The molecule has 0 amide bonds. The van der Waals surface area contributed by atoms with Gasteiger partial charge in [0.15, 0.2) is 0 Å². The van der Waals surface area contributed by atoms with Crippen LogP contribution in [0.4, 0.5) is 0 Å². The Hall–Kier alpha value is -2.46. The second kappa shape index (κ2) is 8.41. The van der Waals surface area contributed by atoms with Crippen molar-refractivity contribution in [1.82, 2.24) is 0 Å². The first-order valence-electron chi connectivity index (χ1n) is 7.49. The summed E-state index contributed by atoms with van der Waals surface area (Å²) in [6, 6.07) is 11.0. The van der Waals surface area contributed by atoms with Crippen LogP contribution in [-0.2, 0) is 4.79 Å². The van der Waals surface area contributed by atoms with E-state index in [0.717, 1.165) is 33.5 Å². The van der Waals surface area contributed by atoms with E-state index in [1.165, 1.54) is 6.08 Å². The number of benzene rings is 2. The molecule has 24 heavy (non-hydrogen) atoms. The summed E-state index contributed by atoms with van der Waals surface area (Å²) in [5, 5.41) is 9.34. The summed E-state index contributed by atoms with van der Waals surface area (Å²) in [4.78, 5) is 10.5. The fraction of sp³-hybridized carbons (Fsp3) is 0.211. The minimum absolute atomic E-state index is 0.408. The van der Waals surface area contributed by atoms with Crippen LogP contribution in [-0.4, -0.2) is 24.3 Å². The van der Waals surface area contributed by atoms with Crippen LogP contribution in [0.5, 0.6) is 11.5 Å². The van der Waals surface area contributed by atoms with Gasteiger partial charge in [0, 0.05) is 11.1 Å². The molecule has 0 aliphatic rings. The van der Waals surface area contributed by atoms with Gasteiger partial charge in [-0.15, -0.1) is 0 Å². The number of hydrogen-bond donors (Lipinski definition) is 1. The monoisotopic (exact) mass is 346 g/mol. The Morgan fingerprint density at radius 2 is 1.58 bits per heavy atom. The third-order valence-electron chi connectivity index (χ3n) is 3.33. The molecule has 2 rings (SSSR count). The van der Waals surface area contributed by atoms with E-state index in [9.17, 15) is 4.79 Å². The highest BCUT2D eigenvalue weighted by atomic mass is 35.5. The molecule has 0 radical (unpaired) electrons. The van der Waals surface area contributed by atoms with Gasteiger partial charge in [-0.2, -0.15) is 0 Å². The molecule has 0 spiro atoms. The van der Waals surface area contributed by atoms with E-state index in [-0.39, 0.29) is 0 Å². The fourth-order valence-corrected chi connectivity index (χ4v) is 2.26. The quantitative estimate of drug-likeness (QED) is 0.592. The highest BCUT2D eigenvalue weighted by molar-refractivity contribution is 6.32. The number of halogens is 1. The smallest absolute Gasteiger partial charge is 0.328 e. The minimum Gasteiger partial charge on any atom is -0.490 e. The SMILES string of the molecule is Cc1cc(OCCOc2ccc(/C=C\C(=O)O)cc2)cc(C)c1Cl. The number of aryl methyl sites for hydroxylation is 2. The van der Waals surface area contributed by atoms with Crippen molar-refractivity contribution < 1.29 is 19.4 Å². The second-order valence-electron chi connectivity index (χ2n) is 5.31. The van der Waals surface area contributed by atoms with Crippen molar-refractivity contribution >= 4 is 23.6 Å².